The van der Waals surface area contributed by atoms with Crippen molar-refractivity contribution in [3.05, 3.63) is 41.4 Å². The zero-order chi connectivity index (χ0) is 25.5. The fourth-order valence-corrected chi connectivity index (χ4v) is 10.6. The van der Waals surface area contributed by atoms with Gasteiger partial charge in [0.15, 0.2) is 20.0 Å². The fraction of sp³-hybridized carbons (Fsp3) is 0.654. The molecule has 0 saturated carbocycles. The highest BCUT2D eigenvalue weighted by Gasteiger charge is 2.44. The number of rotatable bonds is 14. The molecule has 0 radical (unpaired) electrons. The quantitative estimate of drug-likeness (QED) is 0.194. The Balaban J connectivity index is 1.79. The summed E-state index contributed by atoms with van der Waals surface area (Å²) in [6.07, 6.45) is 0.826. The van der Waals surface area contributed by atoms with Crippen LogP contribution in [0.2, 0.25) is 16.6 Å². The van der Waals surface area contributed by atoms with Crippen LogP contribution in [0.3, 0.4) is 0 Å². The van der Waals surface area contributed by atoms with E-state index in [1.165, 1.54) is 12.1 Å². The first-order chi connectivity index (χ1) is 16.0. The minimum atomic E-state index is -1.88. The molecule has 0 aliphatic carbocycles. The number of alkyl halides is 1. The first-order valence-electron chi connectivity index (χ1n) is 12.3. The fourth-order valence-electron chi connectivity index (χ4n) is 5.06. The predicted octanol–water partition coefficient (Wildman–Crippen LogP) is 8.15. The number of hydrogen-bond acceptors (Lipinski definition) is 4. The Labute approximate surface area is 203 Å². The van der Waals surface area contributed by atoms with Gasteiger partial charge in [0.25, 0.3) is 0 Å². The summed E-state index contributed by atoms with van der Waals surface area (Å²) in [5, 5.41) is 0. The third-order valence-corrected chi connectivity index (χ3v) is 12.6. The van der Waals surface area contributed by atoms with E-state index in [2.05, 4.69) is 46.5 Å². The van der Waals surface area contributed by atoms with Crippen LogP contribution in [-0.2, 0) is 15.8 Å². The molecule has 1 unspecified atom stereocenters. The molecule has 1 aromatic carbocycles. The Bertz CT molecular complexity index is 859. The van der Waals surface area contributed by atoms with Crippen LogP contribution in [-0.4, -0.2) is 32.7 Å². The topological polar surface area (TPSA) is 44.5 Å². The first-order valence-corrected chi connectivity index (χ1v) is 14.4. The number of hydrogen-bond donors (Lipinski definition) is 0. The van der Waals surface area contributed by atoms with Crippen LogP contribution in [0.1, 0.15) is 72.4 Å². The van der Waals surface area contributed by atoms with Crippen molar-refractivity contribution in [2.24, 2.45) is 0 Å². The molecular weight excluding hydrogens is 459 g/mol. The van der Waals surface area contributed by atoms with Crippen molar-refractivity contribution in [1.29, 1.82) is 0 Å². The molecule has 34 heavy (non-hydrogen) atoms. The zero-order valence-electron chi connectivity index (χ0n) is 21.6. The smallest absolute Gasteiger partial charge is 0.200 e. The van der Waals surface area contributed by atoms with Crippen molar-refractivity contribution in [3.8, 4) is 11.3 Å². The van der Waals surface area contributed by atoms with Crippen molar-refractivity contribution in [3.63, 3.8) is 0 Å². The lowest BCUT2D eigenvalue weighted by atomic mass is 10.1. The van der Waals surface area contributed by atoms with Crippen molar-refractivity contribution >= 4 is 8.32 Å². The van der Waals surface area contributed by atoms with E-state index >= 15 is 0 Å². The molecule has 0 saturated heterocycles. The number of halogens is 3. The Kier molecular flexibility index (Phi) is 10.8. The van der Waals surface area contributed by atoms with E-state index in [-0.39, 0.29) is 24.5 Å². The molecule has 192 valence electrons. The van der Waals surface area contributed by atoms with Crippen molar-refractivity contribution in [1.82, 2.24) is 4.98 Å². The average Bonchev–Trinajstić information content (AvgIpc) is 3.09. The van der Waals surface area contributed by atoms with Crippen LogP contribution >= 0.6 is 0 Å². The van der Waals surface area contributed by atoms with Gasteiger partial charge in [-0.15, -0.1) is 0 Å². The number of unbranched alkanes of at least 4 members (excludes halogenated alkanes) is 1. The SMILES string of the molecule is Cc1nc(COCC(F)CCCCO[Si](C(C)C)(C(C)C)C(C)C)c(-c2cc(F)cc(F)c2)o1. The van der Waals surface area contributed by atoms with Gasteiger partial charge in [-0.25, -0.2) is 18.2 Å². The Morgan fingerprint density at radius 2 is 1.53 bits per heavy atom. The second kappa shape index (κ2) is 12.9. The largest absolute Gasteiger partial charge is 0.441 e. The van der Waals surface area contributed by atoms with E-state index in [4.69, 9.17) is 13.6 Å². The molecule has 0 bridgehead atoms. The summed E-state index contributed by atoms with van der Waals surface area (Å²) in [4.78, 5) is 4.22. The van der Waals surface area contributed by atoms with Crippen LogP contribution in [0.4, 0.5) is 13.2 Å². The predicted molar refractivity (Wildman–Crippen MR) is 132 cm³/mol. The molecular formula is C26H40F3NO3Si. The van der Waals surface area contributed by atoms with Gasteiger partial charge in [-0.2, -0.15) is 0 Å². The highest BCUT2D eigenvalue weighted by atomic mass is 28.4. The van der Waals surface area contributed by atoms with Gasteiger partial charge in [0.1, 0.15) is 23.5 Å². The highest BCUT2D eigenvalue weighted by molar-refractivity contribution is 6.77. The van der Waals surface area contributed by atoms with Gasteiger partial charge >= 0.3 is 0 Å². The maximum absolute atomic E-state index is 14.4. The molecule has 0 N–H and O–H groups in total. The Morgan fingerprint density at radius 1 is 0.941 bits per heavy atom. The summed E-state index contributed by atoms with van der Waals surface area (Å²) < 4.78 is 59.1. The number of aryl methyl sites for hydroxylation is 1. The van der Waals surface area contributed by atoms with Gasteiger partial charge in [0, 0.05) is 25.2 Å². The Morgan fingerprint density at radius 3 is 2.09 bits per heavy atom. The average molecular weight is 500 g/mol. The van der Waals surface area contributed by atoms with Crippen molar-refractivity contribution in [2.45, 2.75) is 97.1 Å². The normalized spacial score (nSPS) is 13.4. The number of benzene rings is 1. The standard InChI is InChI=1S/C26H40F3NO3Si/c1-17(2)34(18(3)4,19(5)6)32-11-9-8-10-22(27)15-31-16-25-26(33-20(7)30-25)21-12-23(28)14-24(29)13-21/h12-14,17-19,22H,8-11,15-16H2,1-7H3. The summed E-state index contributed by atoms with van der Waals surface area (Å²) in [6.45, 7) is 15.8. The third-order valence-electron chi connectivity index (χ3n) is 6.44. The van der Waals surface area contributed by atoms with Gasteiger partial charge in [0.05, 0.1) is 13.2 Å². The summed E-state index contributed by atoms with van der Waals surface area (Å²) in [5.74, 6) is -0.840. The molecule has 4 nitrogen and oxygen atoms in total. The van der Waals surface area contributed by atoms with Gasteiger partial charge in [-0.1, -0.05) is 41.5 Å². The highest BCUT2D eigenvalue weighted by Crippen LogP contribution is 2.42. The summed E-state index contributed by atoms with van der Waals surface area (Å²) >= 11 is 0. The molecule has 0 aliphatic heterocycles. The molecule has 0 fully saturated rings. The lowest BCUT2D eigenvalue weighted by Crippen LogP contribution is -2.47. The lowest BCUT2D eigenvalue weighted by Gasteiger charge is -2.42. The molecule has 0 aliphatic rings. The maximum Gasteiger partial charge on any atom is 0.200 e. The minimum absolute atomic E-state index is 0.000375. The van der Waals surface area contributed by atoms with Gasteiger partial charge in [0.2, 0.25) is 0 Å². The van der Waals surface area contributed by atoms with Gasteiger partial charge in [-0.05, 0) is 48.0 Å². The van der Waals surface area contributed by atoms with Crippen LogP contribution < -0.4 is 0 Å². The number of ether oxygens (including phenoxy) is 1. The zero-order valence-corrected chi connectivity index (χ0v) is 22.6. The monoisotopic (exact) mass is 499 g/mol. The molecule has 2 rings (SSSR count). The van der Waals surface area contributed by atoms with E-state index in [1.807, 2.05) is 0 Å². The van der Waals surface area contributed by atoms with E-state index in [0.29, 0.717) is 41.2 Å². The second-order valence-corrected chi connectivity index (χ2v) is 15.4. The summed E-state index contributed by atoms with van der Waals surface area (Å²) in [6, 6.07) is 3.13. The van der Waals surface area contributed by atoms with Gasteiger partial charge < -0.3 is 13.6 Å². The van der Waals surface area contributed by atoms with E-state index in [9.17, 15) is 13.2 Å². The molecule has 2 aromatic rings. The maximum atomic E-state index is 14.4. The lowest BCUT2D eigenvalue weighted by molar-refractivity contribution is 0.0635. The van der Waals surface area contributed by atoms with E-state index < -0.39 is 26.1 Å². The van der Waals surface area contributed by atoms with Crippen molar-refractivity contribution in [2.75, 3.05) is 13.2 Å². The van der Waals surface area contributed by atoms with Crippen LogP contribution in [0.5, 0.6) is 0 Å². The molecule has 1 heterocycles. The summed E-state index contributed by atoms with van der Waals surface area (Å²) in [7, 11) is -1.88. The van der Waals surface area contributed by atoms with E-state index in [1.54, 1.807) is 6.92 Å². The summed E-state index contributed by atoms with van der Waals surface area (Å²) in [5.41, 5.74) is 2.22. The minimum Gasteiger partial charge on any atom is -0.441 e. The van der Waals surface area contributed by atoms with Crippen LogP contribution in [0.15, 0.2) is 22.6 Å². The second-order valence-electron chi connectivity index (χ2n) is 9.94. The van der Waals surface area contributed by atoms with Crippen molar-refractivity contribution < 1.29 is 26.8 Å². The Hall–Kier alpha value is -1.64. The third kappa shape index (κ3) is 7.43. The molecule has 0 amide bonds. The van der Waals surface area contributed by atoms with E-state index in [0.717, 1.165) is 18.9 Å². The first kappa shape index (κ1) is 28.6. The molecule has 1 aromatic heterocycles. The number of aromatic nitrogens is 1. The number of nitrogens with zero attached hydrogens (tertiary/aromatic N) is 1. The van der Waals surface area contributed by atoms with Gasteiger partial charge in [-0.3, -0.25) is 0 Å². The molecule has 1 atom stereocenters. The van der Waals surface area contributed by atoms with Crippen LogP contribution in [0.25, 0.3) is 11.3 Å². The molecule has 0 spiro atoms. The van der Waals surface area contributed by atoms with Crippen LogP contribution in [0, 0.1) is 18.6 Å². The molecule has 8 heteroatoms. The number of oxazole rings is 1.